The van der Waals surface area contributed by atoms with Crippen LogP contribution in [-0.2, 0) is 6.54 Å². The fourth-order valence-corrected chi connectivity index (χ4v) is 1.72. The van der Waals surface area contributed by atoms with Gasteiger partial charge in [-0.3, -0.25) is 9.48 Å². The Hall–Kier alpha value is -1.36. The second-order valence-corrected chi connectivity index (χ2v) is 5.35. The van der Waals surface area contributed by atoms with Crippen molar-refractivity contribution in [2.24, 2.45) is 5.92 Å². The molecule has 0 aliphatic heterocycles. The molecule has 5 heteroatoms. The molecule has 2 N–H and O–H groups in total. The maximum atomic E-state index is 12.2. The smallest absolute Gasteiger partial charge is 0.269 e. The van der Waals surface area contributed by atoms with Crippen LogP contribution in [0.4, 0.5) is 0 Å². The molecular weight excluding hydrogens is 242 g/mol. The zero-order valence-electron chi connectivity index (χ0n) is 12.5. The molecule has 0 fully saturated rings. The van der Waals surface area contributed by atoms with Gasteiger partial charge in [0.25, 0.3) is 5.91 Å². The van der Waals surface area contributed by atoms with E-state index in [1.165, 1.54) is 0 Å². The van der Waals surface area contributed by atoms with E-state index in [1.807, 2.05) is 26.8 Å². The Labute approximate surface area is 115 Å². The average molecular weight is 267 g/mol. The van der Waals surface area contributed by atoms with Crippen molar-refractivity contribution < 1.29 is 9.90 Å². The number of hydrogen-bond acceptors (Lipinski definition) is 3. The van der Waals surface area contributed by atoms with Crippen molar-refractivity contribution in [1.82, 2.24) is 15.1 Å². The third-order valence-electron chi connectivity index (χ3n) is 3.42. The molecule has 0 aliphatic carbocycles. The van der Waals surface area contributed by atoms with E-state index < -0.39 is 0 Å². The molecule has 5 nitrogen and oxygen atoms in total. The molecule has 1 aromatic rings. The van der Waals surface area contributed by atoms with E-state index >= 15 is 0 Å². The number of carbonyl (C=O) groups excluding carboxylic acids is 1. The number of rotatable bonds is 6. The van der Waals surface area contributed by atoms with Crippen molar-refractivity contribution in [2.45, 2.75) is 53.1 Å². The molecule has 1 amide bonds. The molecule has 0 bridgehead atoms. The Morgan fingerprint density at radius 1 is 1.42 bits per heavy atom. The number of hydrogen-bond donors (Lipinski definition) is 2. The van der Waals surface area contributed by atoms with Crippen molar-refractivity contribution >= 4 is 5.91 Å². The zero-order valence-corrected chi connectivity index (χ0v) is 12.5. The van der Waals surface area contributed by atoms with E-state index in [2.05, 4.69) is 24.3 Å². The van der Waals surface area contributed by atoms with Crippen molar-refractivity contribution in [3.8, 4) is 0 Å². The Morgan fingerprint density at radius 2 is 2.05 bits per heavy atom. The summed E-state index contributed by atoms with van der Waals surface area (Å²) in [7, 11) is 0. The molecule has 1 rings (SSSR count). The standard InChI is InChI=1S/C14H25N3O2/c1-6-17-13(7-12(16-17)9(2)3)14(19)15-11(5)10(4)8-18/h7,9-11,18H,6,8H2,1-5H3,(H,15,19). The molecule has 1 heterocycles. The summed E-state index contributed by atoms with van der Waals surface area (Å²) in [5.74, 6) is 0.203. The summed E-state index contributed by atoms with van der Waals surface area (Å²) < 4.78 is 1.72. The molecule has 2 atom stereocenters. The van der Waals surface area contributed by atoms with Crippen molar-refractivity contribution in [1.29, 1.82) is 0 Å². The average Bonchev–Trinajstić information content (AvgIpc) is 2.81. The first-order chi connectivity index (χ1) is 8.90. The summed E-state index contributed by atoms with van der Waals surface area (Å²) in [5, 5.41) is 16.4. The highest BCUT2D eigenvalue weighted by molar-refractivity contribution is 5.92. The fourth-order valence-electron chi connectivity index (χ4n) is 1.72. The largest absolute Gasteiger partial charge is 0.396 e. The van der Waals surface area contributed by atoms with Crippen molar-refractivity contribution in [2.75, 3.05) is 6.61 Å². The lowest BCUT2D eigenvalue weighted by Crippen LogP contribution is -2.39. The Balaban J connectivity index is 2.87. The molecule has 0 aliphatic rings. The number of nitrogens with zero attached hydrogens (tertiary/aromatic N) is 2. The Kier molecular flexibility index (Phi) is 5.54. The van der Waals surface area contributed by atoms with Crippen LogP contribution in [0.2, 0.25) is 0 Å². The van der Waals surface area contributed by atoms with E-state index in [0.29, 0.717) is 18.2 Å². The third kappa shape index (κ3) is 3.80. The summed E-state index contributed by atoms with van der Waals surface area (Å²) in [6.45, 7) is 10.6. The Morgan fingerprint density at radius 3 is 2.53 bits per heavy atom. The van der Waals surface area contributed by atoms with Crippen LogP contribution in [0.15, 0.2) is 6.07 Å². The minimum Gasteiger partial charge on any atom is -0.396 e. The van der Waals surface area contributed by atoms with Crippen LogP contribution in [0, 0.1) is 5.92 Å². The first-order valence-electron chi connectivity index (χ1n) is 6.90. The molecule has 0 saturated heterocycles. The SMILES string of the molecule is CCn1nc(C(C)C)cc1C(=O)NC(C)C(C)CO. The fraction of sp³-hybridized carbons (Fsp3) is 0.714. The van der Waals surface area contributed by atoms with Gasteiger partial charge in [0.05, 0.1) is 5.69 Å². The predicted molar refractivity (Wildman–Crippen MR) is 75.2 cm³/mol. The molecule has 2 unspecified atom stereocenters. The lowest BCUT2D eigenvalue weighted by Gasteiger charge is -2.19. The van der Waals surface area contributed by atoms with Crippen LogP contribution in [0.3, 0.4) is 0 Å². The van der Waals surface area contributed by atoms with Gasteiger partial charge in [-0.1, -0.05) is 20.8 Å². The van der Waals surface area contributed by atoms with E-state index in [4.69, 9.17) is 5.11 Å². The normalized spacial score (nSPS) is 14.5. The second kappa shape index (κ2) is 6.70. The van der Waals surface area contributed by atoms with Crippen LogP contribution >= 0.6 is 0 Å². The highest BCUT2D eigenvalue weighted by atomic mass is 16.3. The van der Waals surface area contributed by atoms with Gasteiger partial charge in [0.1, 0.15) is 5.69 Å². The van der Waals surface area contributed by atoms with Gasteiger partial charge in [-0.15, -0.1) is 0 Å². The molecule has 0 saturated carbocycles. The summed E-state index contributed by atoms with van der Waals surface area (Å²) in [6, 6.07) is 1.78. The van der Waals surface area contributed by atoms with Crippen LogP contribution < -0.4 is 5.32 Å². The molecule has 108 valence electrons. The zero-order chi connectivity index (χ0) is 14.6. The molecule has 19 heavy (non-hydrogen) atoms. The third-order valence-corrected chi connectivity index (χ3v) is 3.42. The molecule has 0 spiro atoms. The number of aryl methyl sites for hydroxylation is 1. The number of carbonyl (C=O) groups is 1. The molecule has 1 aromatic heterocycles. The summed E-state index contributed by atoms with van der Waals surface area (Å²) in [5.41, 5.74) is 1.51. The summed E-state index contributed by atoms with van der Waals surface area (Å²) in [4.78, 5) is 12.2. The Bertz CT molecular complexity index is 426. The van der Waals surface area contributed by atoms with Crippen LogP contribution in [0.1, 0.15) is 56.7 Å². The van der Waals surface area contributed by atoms with Gasteiger partial charge in [0, 0.05) is 19.2 Å². The highest BCUT2D eigenvalue weighted by Gasteiger charge is 2.19. The van der Waals surface area contributed by atoms with Gasteiger partial charge in [0.15, 0.2) is 0 Å². The van der Waals surface area contributed by atoms with Gasteiger partial charge in [-0.25, -0.2) is 0 Å². The van der Waals surface area contributed by atoms with Crippen LogP contribution in [0.25, 0.3) is 0 Å². The van der Waals surface area contributed by atoms with E-state index in [9.17, 15) is 4.79 Å². The van der Waals surface area contributed by atoms with Gasteiger partial charge < -0.3 is 10.4 Å². The topological polar surface area (TPSA) is 67.2 Å². The van der Waals surface area contributed by atoms with Crippen molar-refractivity contribution in [3.05, 3.63) is 17.5 Å². The van der Waals surface area contributed by atoms with Gasteiger partial charge in [0.2, 0.25) is 0 Å². The second-order valence-electron chi connectivity index (χ2n) is 5.35. The first kappa shape index (κ1) is 15.7. The van der Waals surface area contributed by atoms with Crippen LogP contribution in [-0.4, -0.2) is 33.4 Å². The lowest BCUT2D eigenvalue weighted by atomic mass is 10.1. The maximum absolute atomic E-state index is 12.2. The minimum absolute atomic E-state index is 0.0338. The minimum atomic E-state index is -0.131. The quantitative estimate of drug-likeness (QED) is 0.825. The maximum Gasteiger partial charge on any atom is 0.269 e. The predicted octanol–water partition coefficient (Wildman–Crippen LogP) is 1.77. The number of aromatic nitrogens is 2. The molecule has 0 radical (unpaired) electrons. The highest BCUT2D eigenvalue weighted by Crippen LogP contribution is 2.15. The van der Waals surface area contributed by atoms with Gasteiger partial charge in [-0.2, -0.15) is 5.10 Å². The number of aliphatic hydroxyl groups is 1. The molecular formula is C14H25N3O2. The van der Waals surface area contributed by atoms with E-state index in [0.717, 1.165) is 5.69 Å². The lowest BCUT2D eigenvalue weighted by molar-refractivity contribution is 0.0905. The van der Waals surface area contributed by atoms with Crippen LogP contribution in [0.5, 0.6) is 0 Å². The van der Waals surface area contributed by atoms with E-state index in [-0.39, 0.29) is 24.5 Å². The van der Waals surface area contributed by atoms with Gasteiger partial charge in [-0.05, 0) is 31.7 Å². The number of aliphatic hydroxyl groups excluding tert-OH is 1. The van der Waals surface area contributed by atoms with E-state index in [1.54, 1.807) is 4.68 Å². The number of amides is 1. The monoisotopic (exact) mass is 267 g/mol. The van der Waals surface area contributed by atoms with Gasteiger partial charge >= 0.3 is 0 Å². The number of nitrogens with one attached hydrogen (secondary N) is 1. The first-order valence-corrected chi connectivity index (χ1v) is 6.90. The summed E-state index contributed by atoms with van der Waals surface area (Å²) >= 11 is 0. The molecule has 0 aromatic carbocycles. The van der Waals surface area contributed by atoms with Crippen molar-refractivity contribution in [3.63, 3.8) is 0 Å². The summed E-state index contributed by atoms with van der Waals surface area (Å²) in [6.07, 6.45) is 0.